The smallest absolute Gasteiger partial charge is 0.495 e. The van der Waals surface area contributed by atoms with Crippen LogP contribution < -0.4 is 20.1 Å². The molecular formula is C21H19F3N4O4. The lowest BCUT2D eigenvalue weighted by Crippen LogP contribution is -2.17. The van der Waals surface area contributed by atoms with Crippen LogP contribution in [-0.4, -0.2) is 43.6 Å². The van der Waals surface area contributed by atoms with Crippen molar-refractivity contribution in [3.8, 4) is 22.8 Å². The number of halogens is 3. The Bertz CT molecular complexity index is 1120. The van der Waals surface area contributed by atoms with Crippen LogP contribution in [0.5, 0.6) is 11.5 Å². The van der Waals surface area contributed by atoms with E-state index in [4.69, 9.17) is 9.47 Å². The van der Waals surface area contributed by atoms with Crippen LogP contribution in [0.4, 0.5) is 30.6 Å². The zero-order valence-electron chi connectivity index (χ0n) is 17.3. The van der Waals surface area contributed by atoms with Gasteiger partial charge in [0.15, 0.2) is 0 Å². The maximum atomic E-state index is 12.6. The number of carbonyl (C=O) groups excluding carboxylic acids is 1. The minimum absolute atomic E-state index is 0.218. The molecule has 168 valence electrons. The number of ether oxygens (including phenoxy) is 3. The molecule has 0 aliphatic carbocycles. The second-order valence-electron chi connectivity index (χ2n) is 6.32. The first-order chi connectivity index (χ1) is 15.2. The number of rotatable bonds is 7. The van der Waals surface area contributed by atoms with Gasteiger partial charge in [-0.2, -0.15) is 4.98 Å². The van der Waals surface area contributed by atoms with Gasteiger partial charge in [-0.3, -0.25) is 0 Å². The number of hydrogen-bond acceptors (Lipinski definition) is 8. The molecule has 32 heavy (non-hydrogen) atoms. The highest BCUT2D eigenvalue weighted by Gasteiger charge is 2.31. The van der Waals surface area contributed by atoms with Crippen molar-refractivity contribution in [3.63, 3.8) is 0 Å². The lowest BCUT2D eigenvalue weighted by molar-refractivity contribution is -0.274. The summed E-state index contributed by atoms with van der Waals surface area (Å²) in [5, 5.41) is 5.85. The van der Waals surface area contributed by atoms with E-state index in [1.165, 1.54) is 44.6 Å². The molecule has 0 fully saturated rings. The van der Waals surface area contributed by atoms with E-state index in [1.807, 2.05) is 0 Å². The summed E-state index contributed by atoms with van der Waals surface area (Å²) in [5.41, 5.74) is 1.43. The summed E-state index contributed by atoms with van der Waals surface area (Å²) in [6, 6.07) is 11.6. The summed E-state index contributed by atoms with van der Waals surface area (Å²) in [6.45, 7) is 0. The number of carbonyl (C=O) groups is 1. The molecule has 3 rings (SSSR count). The summed E-state index contributed by atoms with van der Waals surface area (Å²) in [4.78, 5) is 20.5. The number of esters is 1. The third kappa shape index (κ3) is 5.56. The van der Waals surface area contributed by atoms with Gasteiger partial charge in [-0.25, -0.2) is 9.78 Å². The topological polar surface area (TPSA) is 94.6 Å². The molecule has 0 aliphatic rings. The van der Waals surface area contributed by atoms with E-state index < -0.39 is 12.3 Å². The van der Waals surface area contributed by atoms with Crippen LogP contribution in [0.1, 0.15) is 10.4 Å². The predicted molar refractivity (Wildman–Crippen MR) is 111 cm³/mol. The molecular weight excluding hydrogens is 429 g/mol. The molecule has 0 aliphatic heterocycles. The standard InChI is InChI=1S/C21H19F3N4O4/c1-25-20-27-15(12-5-4-6-14(9-12)32-21(22,23)24)11-18(28-20)26-16-10-13(19(29)31-3)7-8-17(16)30-2/h4-11H,1-3H3,(H2,25,26,27,28). The summed E-state index contributed by atoms with van der Waals surface area (Å²) in [6.07, 6.45) is -4.81. The Labute approximate surface area is 181 Å². The maximum absolute atomic E-state index is 12.6. The highest BCUT2D eigenvalue weighted by atomic mass is 19.4. The van der Waals surface area contributed by atoms with Crippen molar-refractivity contribution in [2.75, 3.05) is 31.9 Å². The van der Waals surface area contributed by atoms with Crippen LogP contribution in [0, 0.1) is 0 Å². The molecule has 1 heterocycles. The van der Waals surface area contributed by atoms with Crippen LogP contribution in [0.2, 0.25) is 0 Å². The van der Waals surface area contributed by atoms with Gasteiger partial charge in [0.1, 0.15) is 17.3 Å². The van der Waals surface area contributed by atoms with Crippen LogP contribution in [0.25, 0.3) is 11.3 Å². The lowest BCUT2D eigenvalue weighted by Gasteiger charge is -2.14. The average Bonchev–Trinajstić information content (AvgIpc) is 2.77. The highest BCUT2D eigenvalue weighted by molar-refractivity contribution is 5.91. The number of nitrogens with zero attached hydrogens (tertiary/aromatic N) is 2. The Morgan fingerprint density at radius 1 is 1.03 bits per heavy atom. The van der Waals surface area contributed by atoms with Crippen molar-refractivity contribution in [1.82, 2.24) is 9.97 Å². The predicted octanol–water partition coefficient (Wildman–Crippen LogP) is 4.62. The molecule has 8 nitrogen and oxygen atoms in total. The fraction of sp³-hybridized carbons (Fsp3) is 0.190. The van der Waals surface area contributed by atoms with Gasteiger partial charge in [0.05, 0.1) is 31.2 Å². The van der Waals surface area contributed by atoms with E-state index in [2.05, 4.69) is 25.3 Å². The fourth-order valence-electron chi connectivity index (χ4n) is 2.81. The van der Waals surface area contributed by atoms with Gasteiger partial charge in [-0.05, 0) is 30.3 Å². The Kier molecular flexibility index (Phi) is 6.67. The molecule has 0 saturated carbocycles. The van der Waals surface area contributed by atoms with Crippen molar-refractivity contribution in [2.24, 2.45) is 0 Å². The third-order valence-corrected chi connectivity index (χ3v) is 4.20. The van der Waals surface area contributed by atoms with E-state index in [1.54, 1.807) is 25.2 Å². The average molecular weight is 448 g/mol. The number of aromatic nitrogens is 2. The summed E-state index contributed by atoms with van der Waals surface area (Å²) < 4.78 is 51.8. The quantitative estimate of drug-likeness (QED) is 0.506. The van der Waals surface area contributed by atoms with Gasteiger partial charge in [0.25, 0.3) is 0 Å². The Morgan fingerprint density at radius 3 is 2.47 bits per heavy atom. The van der Waals surface area contributed by atoms with Crippen molar-refractivity contribution in [1.29, 1.82) is 0 Å². The van der Waals surface area contributed by atoms with E-state index in [0.29, 0.717) is 28.5 Å². The lowest BCUT2D eigenvalue weighted by atomic mass is 10.1. The SMILES string of the molecule is CNc1nc(Nc2cc(C(=O)OC)ccc2OC)cc(-c2cccc(OC(F)(F)F)c2)n1. The molecule has 0 amide bonds. The maximum Gasteiger partial charge on any atom is 0.573 e. The van der Waals surface area contributed by atoms with E-state index in [0.717, 1.165) is 0 Å². The molecule has 2 N–H and O–H groups in total. The monoisotopic (exact) mass is 448 g/mol. The fourth-order valence-corrected chi connectivity index (χ4v) is 2.81. The summed E-state index contributed by atoms with van der Waals surface area (Å²) in [5.74, 6) is 0.0551. The number of nitrogens with one attached hydrogen (secondary N) is 2. The van der Waals surface area contributed by atoms with E-state index in [-0.39, 0.29) is 17.3 Å². The minimum atomic E-state index is -4.81. The molecule has 0 saturated heterocycles. The molecule has 11 heteroatoms. The first-order valence-electron chi connectivity index (χ1n) is 9.19. The first kappa shape index (κ1) is 22.7. The van der Waals surface area contributed by atoms with Gasteiger partial charge in [-0.1, -0.05) is 12.1 Å². The zero-order chi connectivity index (χ0) is 23.3. The second kappa shape index (κ2) is 9.41. The van der Waals surface area contributed by atoms with Crippen molar-refractivity contribution >= 4 is 23.4 Å². The molecule has 1 aromatic heterocycles. The largest absolute Gasteiger partial charge is 0.573 e. The van der Waals surface area contributed by atoms with Gasteiger partial charge in [-0.15, -0.1) is 13.2 Å². The summed E-state index contributed by atoms with van der Waals surface area (Å²) in [7, 11) is 4.34. The summed E-state index contributed by atoms with van der Waals surface area (Å²) >= 11 is 0. The van der Waals surface area contributed by atoms with Gasteiger partial charge in [0, 0.05) is 18.7 Å². The molecule has 0 radical (unpaired) electrons. The second-order valence-corrected chi connectivity index (χ2v) is 6.32. The van der Waals surface area contributed by atoms with Crippen LogP contribution in [0.3, 0.4) is 0 Å². The number of alkyl halides is 3. The van der Waals surface area contributed by atoms with Crippen molar-refractivity contribution in [3.05, 3.63) is 54.1 Å². The normalized spacial score (nSPS) is 10.9. The van der Waals surface area contributed by atoms with Gasteiger partial charge < -0.3 is 24.8 Å². The van der Waals surface area contributed by atoms with Crippen LogP contribution in [-0.2, 0) is 4.74 Å². The number of hydrogen-bond donors (Lipinski definition) is 2. The van der Waals surface area contributed by atoms with Crippen molar-refractivity contribution in [2.45, 2.75) is 6.36 Å². The molecule has 3 aromatic rings. The molecule has 0 spiro atoms. The number of methoxy groups -OCH3 is 2. The Hall–Kier alpha value is -4.02. The number of benzene rings is 2. The van der Waals surface area contributed by atoms with Gasteiger partial charge >= 0.3 is 12.3 Å². The Balaban J connectivity index is 2.00. The first-order valence-corrected chi connectivity index (χ1v) is 9.19. The molecule has 0 atom stereocenters. The van der Waals surface area contributed by atoms with Crippen LogP contribution in [0.15, 0.2) is 48.5 Å². The van der Waals surface area contributed by atoms with E-state index >= 15 is 0 Å². The third-order valence-electron chi connectivity index (χ3n) is 4.20. The minimum Gasteiger partial charge on any atom is -0.495 e. The molecule has 0 bridgehead atoms. The molecule has 0 unspecified atom stereocenters. The molecule has 2 aromatic carbocycles. The number of anilines is 3. The Morgan fingerprint density at radius 2 is 1.81 bits per heavy atom. The van der Waals surface area contributed by atoms with E-state index in [9.17, 15) is 18.0 Å². The van der Waals surface area contributed by atoms with Gasteiger partial charge in [0.2, 0.25) is 5.95 Å². The highest BCUT2D eigenvalue weighted by Crippen LogP contribution is 2.32. The zero-order valence-corrected chi connectivity index (χ0v) is 17.3. The van der Waals surface area contributed by atoms with Crippen LogP contribution >= 0.6 is 0 Å². The van der Waals surface area contributed by atoms with Crippen molar-refractivity contribution < 1.29 is 32.2 Å².